The van der Waals surface area contributed by atoms with Gasteiger partial charge in [-0.2, -0.15) is 0 Å². The lowest BCUT2D eigenvalue weighted by Gasteiger charge is -2.16. The van der Waals surface area contributed by atoms with Crippen LogP contribution in [-0.4, -0.2) is 37.2 Å². The largest absolute Gasteiger partial charge is 0.504 e. The summed E-state index contributed by atoms with van der Waals surface area (Å²) in [6, 6.07) is 0. The van der Waals surface area contributed by atoms with Crippen molar-refractivity contribution in [2.24, 2.45) is 5.41 Å². The zero-order valence-corrected chi connectivity index (χ0v) is 14.0. The quantitative estimate of drug-likeness (QED) is 0.376. The molecule has 6 heteroatoms. The van der Waals surface area contributed by atoms with Crippen LogP contribution in [0.2, 0.25) is 0 Å². The predicted molar refractivity (Wildman–Crippen MR) is 87.4 cm³/mol. The van der Waals surface area contributed by atoms with Gasteiger partial charge in [-0.25, -0.2) is 0 Å². The summed E-state index contributed by atoms with van der Waals surface area (Å²) in [5, 5.41) is 56.0. The molecule has 6 N–H and O–H groups in total. The summed E-state index contributed by atoms with van der Waals surface area (Å²) in [5.74, 6) is -4.36. The maximum atomic E-state index is 9.56. The van der Waals surface area contributed by atoms with Gasteiger partial charge in [-0.05, 0) is 0 Å². The van der Waals surface area contributed by atoms with Crippen molar-refractivity contribution < 1.29 is 30.6 Å². The molecule has 0 amide bonds. The van der Waals surface area contributed by atoms with Gasteiger partial charge in [0.1, 0.15) is 0 Å². The number of phenolic OH excluding ortho intramolecular Hbond substituents is 5. The van der Waals surface area contributed by atoms with Crippen LogP contribution in [0.5, 0.6) is 28.7 Å². The van der Waals surface area contributed by atoms with E-state index in [-0.39, 0.29) is 12.2 Å². The number of rotatable bonds is 3. The van der Waals surface area contributed by atoms with Crippen molar-refractivity contribution in [3.63, 3.8) is 0 Å². The second-order valence-corrected chi connectivity index (χ2v) is 4.64. The van der Waals surface area contributed by atoms with Crippen molar-refractivity contribution in [2.45, 2.75) is 41.5 Å². The molecule has 1 aromatic rings. The molecular weight excluding hydrogens is 288 g/mol. The van der Waals surface area contributed by atoms with E-state index >= 15 is 0 Å². The Bertz CT molecular complexity index is 463. The smallest absolute Gasteiger partial charge is 0.208 e. The monoisotopic (exact) mass is 316 g/mol. The molecule has 0 aliphatic heterocycles. The van der Waals surface area contributed by atoms with E-state index in [1.807, 2.05) is 27.7 Å². The first-order valence-corrected chi connectivity index (χ1v) is 7.20. The second-order valence-electron chi connectivity index (χ2n) is 4.64. The number of aliphatic hydroxyl groups is 1. The Hall–Kier alpha value is -2.08. The van der Waals surface area contributed by atoms with Gasteiger partial charge in [-0.15, -0.1) is 0 Å². The Morgan fingerprint density at radius 3 is 1.36 bits per heavy atom. The number of hydrogen-bond donors (Lipinski definition) is 6. The second kappa shape index (κ2) is 9.78. The molecule has 0 saturated heterocycles. The molecule has 0 aromatic heterocycles. The Labute approximate surface area is 131 Å². The minimum atomic E-state index is -0.997. The molecule has 0 spiro atoms. The van der Waals surface area contributed by atoms with Crippen LogP contribution in [-0.2, 0) is 0 Å². The third-order valence-corrected chi connectivity index (χ3v) is 2.52. The number of phenols is 5. The topological polar surface area (TPSA) is 121 Å². The molecule has 0 aliphatic carbocycles. The van der Waals surface area contributed by atoms with Gasteiger partial charge in [0, 0.05) is 5.41 Å². The Morgan fingerprint density at radius 1 is 0.727 bits per heavy atom. The first-order valence-electron chi connectivity index (χ1n) is 7.20. The normalized spacial score (nSPS) is 10.5. The highest BCUT2D eigenvalue weighted by molar-refractivity contribution is 5.76. The zero-order chi connectivity index (χ0) is 18.1. The Kier molecular flexibility index (Phi) is 9.87. The molecule has 1 aromatic carbocycles. The van der Waals surface area contributed by atoms with Crippen molar-refractivity contribution in [2.75, 3.05) is 6.61 Å². The summed E-state index contributed by atoms with van der Waals surface area (Å²) in [4.78, 5) is 0. The van der Waals surface area contributed by atoms with E-state index in [1.54, 1.807) is 13.8 Å². The van der Waals surface area contributed by atoms with Crippen molar-refractivity contribution in [1.29, 1.82) is 0 Å². The summed E-state index contributed by atoms with van der Waals surface area (Å²) in [7, 11) is 0. The van der Waals surface area contributed by atoms with Gasteiger partial charge in [0.25, 0.3) is 0 Å². The number of aromatic hydroxyl groups is 5. The van der Waals surface area contributed by atoms with Gasteiger partial charge in [-0.3, -0.25) is 0 Å². The van der Waals surface area contributed by atoms with Gasteiger partial charge < -0.3 is 30.6 Å². The van der Waals surface area contributed by atoms with E-state index in [0.717, 1.165) is 0 Å². The van der Waals surface area contributed by atoms with E-state index in [1.165, 1.54) is 12.2 Å². The van der Waals surface area contributed by atoms with E-state index in [9.17, 15) is 25.5 Å². The Balaban J connectivity index is 0. The highest BCUT2D eigenvalue weighted by atomic mass is 16.4. The van der Waals surface area contributed by atoms with E-state index in [4.69, 9.17) is 5.11 Å². The lowest BCUT2D eigenvalue weighted by Crippen LogP contribution is -2.12. The number of hydrogen-bond acceptors (Lipinski definition) is 6. The standard InChI is InChI=1S/C12H16O6.2C2H6/c1-12(2,5-13)4-3-6-7(14)9(16)11(18)10(17)8(6)15;2*1-2/h3-4,13-18H,5H2,1-2H3;2*1-2H3. The highest BCUT2D eigenvalue weighted by Crippen LogP contribution is 2.51. The van der Waals surface area contributed by atoms with Crippen LogP contribution >= 0.6 is 0 Å². The van der Waals surface area contributed by atoms with Gasteiger partial charge >= 0.3 is 0 Å². The van der Waals surface area contributed by atoms with Gasteiger partial charge in [0.05, 0.1) is 12.2 Å². The molecule has 0 atom stereocenters. The molecular formula is C16H28O6. The van der Waals surface area contributed by atoms with Crippen molar-refractivity contribution >= 4 is 6.08 Å². The van der Waals surface area contributed by atoms with Crippen LogP contribution in [0, 0.1) is 5.41 Å². The summed E-state index contributed by atoms with van der Waals surface area (Å²) >= 11 is 0. The molecule has 0 radical (unpaired) electrons. The first-order chi connectivity index (χ1) is 10.2. The molecule has 0 saturated carbocycles. The summed E-state index contributed by atoms with van der Waals surface area (Å²) in [6.45, 7) is 11.2. The molecule has 128 valence electrons. The number of aliphatic hydroxyl groups excluding tert-OH is 1. The maximum Gasteiger partial charge on any atom is 0.208 e. The predicted octanol–water partition coefficient (Wildman–Crippen LogP) is 3.30. The fraction of sp³-hybridized carbons (Fsp3) is 0.500. The fourth-order valence-corrected chi connectivity index (χ4v) is 1.22. The molecule has 0 unspecified atom stereocenters. The summed E-state index contributed by atoms with van der Waals surface area (Å²) < 4.78 is 0. The lowest BCUT2D eigenvalue weighted by atomic mass is 9.93. The Morgan fingerprint density at radius 2 is 1.05 bits per heavy atom. The van der Waals surface area contributed by atoms with E-state index < -0.39 is 34.2 Å². The minimum absolute atomic E-state index is 0.166. The molecule has 1 rings (SSSR count). The number of benzene rings is 1. The molecule has 0 fully saturated rings. The zero-order valence-electron chi connectivity index (χ0n) is 14.0. The lowest BCUT2D eigenvalue weighted by molar-refractivity contribution is 0.200. The van der Waals surface area contributed by atoms with Crippen molar-refractivity contribution in [3.8, 4) is 28.7 Å². The average Bonchev–Trinajstić information content (AvgIpc) is 2.54. The van der Waals surface area contributed by atoms with Gasteiger partial charge in [0.2, 0.25) is 17.2 Å². The third-order valence-electron chi connectivity index (χ3n) is 2.52. The van der Waals surface area contributed by atoms with Crippen LogP contribution < -0.4 is 0 Å². The molecule has 6 nitrogen and oxygen atoms in total. The summed E-state index contributed by atoms with van der Waals surface area (Å²) in [5.41, 5.74) is -0.855. The third kappa shape index (κ3) is 5.37. The van der Waals surface area contributed by atoms with E-state index in [0.29, 0.717) is 0 Å². The van der Waals surface area contributed by atoms with Crippen LogP contribution in [0.3, 0.4) is 0 Å². The highest BCUT2D eigenvalue weighted by Gasteiger charge is 2.22. The van der Waals surface area contributed by atoms with E-state index in [2.05, 4.69) is 0 Å². The minimum Gasteiger partial charge on any atom is -0.504 e. The van der Waals surface area contributed by atoms with Crippen LogP contribution in [0.1, 0.15) is 47.1 Å². The van der Waals surface area contributed by atoms with Gasteiger partial charge in [-0.1, -0.05) is 53.7 Å². The summed E-state index contributed by atoms with van der Waals surface area (Å²) in [6.07, 6.45) is 2.72. The molecule has 0 heterocycles. The van der Waals surface area contributed by atoms with Gasteiger partial charge in [0.15, 0.2) is 11.5 Å². The molecule has 0 bridgehead atoms. The first kappa shape index (κ1) is 22.2. The molecule has 0 aliphatic rings. The van der Waals surface area contributed by atoms with Crippen LogP contribution in [0.25, 0.3) is 6.08 Å². The maximum absolute atomic E-state index is 9.56. The molecule has 22 heavy (non-hydrogen) atoms. The van der Waals surface area contributed by atoms with Crippen molar-refractivity contribution in [3.05, 3.63) is 11.6 Å². The SMILES string of the molecule is CC.CC.CC(C)(C=Cc1c(O)c(O)c(O)c(O)c1O)CO. The van der Waals surface area contributed by atoms with Crippen LogP contribution in [0.4, 0.5) is 0 Å². The average molecular weight is 316 g/mol. The fourth-order valence-electron chi connectivity index (χ4n) is 1.22. The van der Waals surface area contributed by atoms with Crippen molar-refractivity contribution in [1.82, 2.24) is 0 Å². The van der Waals surface area contributed by atoms with Crippen LogP contribution in [0.15, 0.2) is 6.08 Å².